The molecule has 0 aliphatic carbocycles. The molecule has 5 heteroatoms. The summed E-state index contributed by atoms with van der Waals surface area (Å²) in [5.41, 5.74) is 5.39. The summed E-state index contributed by atoms with van der Waals surface area (Å²) < 4.78 is 1.22. The van der Waals surface area contributed by atoms with Gasteiger partial charge in [0.05, 0.1) is 0 Å². The summed E-state index contributed by atoms with van der Waals surface area (Å²) in [5.74, 6) is 0. The van der Waals surface area contributed by atoms with E-state index in [-0.39, 0.29) is 32.7 Å². The van der Waals surface area contributed by atoms with Gasteiger partial charge in [0.1, 0.15) is 0 Å². The number of nitrogens with zero attached hydrogens (tertiary/aromatic N) is 2. The van der Waals surface area contributed by atoms with Crippen LogP contribution in [0.4, 0.5) is 0 Å². The molecule has 2 heterocycles. The Morgan fingerprint density at radius 2 is 2.17 bits per heavy atom. The second-order valence-corrected chi connectivity index (χ2v) is 5.32. The van der Waals surface area contributed by atoms with Crippen LogP contribution in [0.3, 0.4) is 0 Å². The fraction of sp³-hybridized carbons (Fsp3) is 0.462. The summed E-state index contributed by atoms with van der Waals surface area (Å²) in [6.45, 7) is 6.72. The number of hydrogen-bond donors (Lipinski definition) is 1. The van der Waals surface area contributed by atoms with E-state index in [1.54, 1.807) is 11.3 Å². The predicted molar refractivity (Wildman–Crippen MR) is 71.3 cm³/mol. The van der Waals surface area contributed by atoms with Crippen LogP contribution in [0.15, 0.2) is 18.2 Å². The van der Waals surface area contributed by atoms with Crippen molar-refractivity contribution >= 4 is 21.6 Å². The molecule has 3 nitrogen and oxygen atoms in total. The summed E-state index contributed by atoms with van der Waals surface area (Å²) in [6, 6.07) is 7.07. The van der Waals surface area contributed by atoms with E-state index in [1.165, 1.54) is 10.3 Å². The van der Waals surface area contributed by atoms with Crippen molar-refractivity contribution in [3.63, 3.8) is 0 Å². The third-order valence-electron chi connectivity index (χ3n) is 3.49. The number of piperazine rings is 1. The Kier molecular flexibility index (Phi) is 5.28. The number of benzene rings is 1. The van der Waals surface area contributed by atoms with Gasteiger partial charge in [0.15, 0.2) is 0 Å². The Morgan fingerprint density at radius 1 is 1.39 bits per heavy atom. The molecule has 0 saturated carbocycles. The van der Waals surface area contributed by atoms with Crippen LogP contribution in [-0.4, -0.2) is 36.1 Å². The van der Waals surface area contributed by atoms with E-state index >= 15 is 0 Å². The number of rotatable bonds is 2. The van der Waals surface area contributed by atoms with Crippen LogP contribution in [0.1, 0.15) is 18.5 Å². The normalized spacial score (nSPS) is 18.5. The average molecular weight is 335 g/mol. The van der Waals surface area contributed by atoms with Gasteiger partial charge < -0.3 is 10.3 Å². The van der Waals surface area contributed by atoms with Crippen molar-refractivity contribution in [1.29, 1.82) is 0 Å². The number of hydrogen-bond acceptors (Lipinski definition) is 4. The van der Waals surface area contributed by atoms with Gasteiger partial charge in [-0.2, -0.15) is 0 Å². The number of nitrogens with one attached hydrogen (secondary N) is 1. The molecule has 18 heavy (non-hydrogen) atoms. The zero-order chi connectivity index (χ0) is 11.7. The Balaban J connectivity index is 0.00000120. The molecule has 1 N–H and O–H groups in total. The quantitative estimate of drug-likeness (QED) is 0.852. The Hall–Kier alpha value is 0.134. The summed E-state index contributed by atoms with van der Waals surface area (Å²) >= 11 is 1.58. The van der Waals surface area contributed by atoms with E-state index < -0.39 is 0 Å². The summed E-state index contributed by atoms with van der Waals surface area (Å²) in [4.78, 5) is 6.79. The van der Waals surface area contributed by atoms with Gasteiger partial charge in [-0.1, -0.05) is 17.6 Å². The monoisotopic (exact) mass is 335 g/mol. The molecule has 1 fully saturated rings. The molecule has 0 bridgehead atoms. The molecule has 2 aromatic rings. The zero-order valence-corrected chi connectivity index (χ0v) is 14.2. The molecule has 3 rings (SSSR count). The van der Waals surface area contributed by atoms with Crippen molar-refractivity contribution in [1.82, 2.24) is 15.2 Å². The molecule has 1 aliphatic heterocycles. The van der Waals surface area contributed by atoms with Crippen molar-refractivity contribution in [2.45, 2.75) is 13.0 Å². The first-order chi connectivity index (χ1) is 8.34. The van der Waals surface area contributed by atoms with Gasteiger partial charge in [0.2, 0.25) is 0 Å². The summed E-state index contributed by atoms with van der Waals surface area (Å²) in [5, 5.41) is 3.39. The minimum Gasteiger partial charge on any atom is -0.386 e. The van der Waals surface area contributed by atoms with E-state index in [9.17, 15) is 0 Å². The van der Waals surface area contributed by atoms with Crippen LogP contribution in [0.25, 0.3) is 10.2 Å². The number of thiazole rings is 1. The van der Waals surface area contributed by atoms with E-state index in [2.05, 4.69) is 45.8 Å². The largest absolute Gasteiger partial charge is 0.386 e. The molecule has 1 atom stereocenters. The van der Waals surface area contributed by atoms with Crippen LogP contribution in [0.2, 0.25) is 0 Å². The third kappa shape index (κ3) is 2.99. The van der Waals surface area contributed by atoms with Gasteiger partial charge in [0, 0.05) is 64.9 Å². The first-order valence-corrected chi connectivity index (χ1v) is 6.87. The van der Waals surface area contributed by atoms with Crippen molar-refractivity contribution in [3.8, 4) is 0 Å². The molecule has 1 unspecified atom stereocenters. The van der Waals surface area contributed by atoms with Gasteiger partial charge in [-0.15, -0.1) is 10.8 Å². The van der Waals surface area contributed by atoms with Gasteiger partial charge in [-0.05, 0) is 18.0 Å². The first-order valence-electron chi connectivity index (χ1n) is 6.06. The van der Waals surface area contributed by atoms with Crippen LogP contribution in [0, 0.1) is 5.51 Å². The topological polar surface area (TPSA) is 28.2 Å². The van der Waals surface area contributed by atoms with E-state index in [0.717, 1.165) is 31.7 Å². The van der Waals surface area contributed by atoms with Crippen molar-refractivity contribution < 1.29 is 32.7 Å². The SMILES string of the molecule is CC(c1ccc2s[c-]nc2c1)N1CCNCC1.[Y]. The minimum atomic E-state index is 0. The molecular weight excluding hydrogens is 319 g/mol. The molecule has 0 spiro atoms. The van der Waals surface area contributed by atoms with Crippen LogP contribution >= 0.6 is 11.3 Å². The smallest absolute Gasteiger partial charge is 0.0310 e. The Morgan fingerprint density at radius 3 is 2.94 bits per heavy atom. The molecule has 1 aliphatic rings. The molecular formula is C13H16N3SY-. The van der Waals surface area contributed by atoms with Crippen LogP contribution < -0.4 is 5.32 Å². The molecule has 0 amide bonds. The van der Waals surface area contributed by atoms with Gasteiger partial charge >= 0.3 is 0 Å². The third-order valence-corrected chi connectivity index (χ3v) is 4.23. The maximum absolute atomic E-state index is 4.27. The summed E-state index contributed by atoms with van der Waals surface area (Å²) in [7, 11) is 0. The first kappa shape index (κ1) is 14.5. The van der Waals surface area contributed by atoms with Crippen molar-refractivity contribution in [3.05, 3.63) is 29.3 Å². The van der Waals surface area contributed by atoms with E-state index in [1.807, 2.05) is 0 Å². The number of aromatic nitrogens is 1. The summed E-state index contributed by atoms with van der Waals surface area (Å²) in [6.07, 6.45) is 0. The molecule has 93 valence electrons. The average Bonchev–Trinajstić information content (AvgIpc) is 2.86. The fourth-order valence-electron chi connectivity index (χ4n) is 2.37. The minimum absolute atomic E-state index is 0. The fourth-order valence-corrected chi connectivity index (χ4v) is 2.96. The van der Waals surface area contributed by atoms with Crippen LogP contribution in [0.5, 0.6) is 0 Å². The molecule has 1 aromatic carbocycles. The van der Waals surface area contributed by atoms with Gasteiger partial charge in [-0.25, -0.2) is 0 Å². The van der Waals surface area contributed by atoms with Gasteiger partial charge in [-0.3, -0.25) is 16.2 Å². The Labute approximate surface area is 137 Å². The van der Waals surface area contributed by atoms with E-state index in [0.29, 0.717) is 6.04 Å². The maximum Gasteiger partial charge on any atom is 0.0310 e. The predicted octanol–water partition coefficient (Wildman–Crippen LogP) is 2.06. The van der Waals surface area contributed by atoms with Gasteiger partial charge in [0.25, 0.3) is 0 Å². The molecule has 1 saturated heterocycles. The molecule has 1 radical (unpaired) electrons. The number of fused-ring (bicyclic) bond motifs is 1. The van der Waals surface area contributed by atoms with E-state index in [4.69, 9.17) is 0 Å². The standard InChI is InChI=1S/C13H16N3S.Y/c1-10(16-6-4-14-5-7-16)11-2-3-13-12(8-11)15-9-17-13;/h2-3,8,10,14H,4-7H2,1H3;/q-1;. The van der Waals surface area contributed by atoms with Crippen molar-refractivity contribution in [2.24, 2.45) is 0 Å². The Bertz CT molecular complexity index is 508. The second kappa shape index (κ2) is 6.53. The second-order valence-electron chi connectivity index (χ2n) is 4.49. The molecule has 1 aromatic heterocycles. The van der Waals surface area contributed by atoms with Crippen LogP contribution in [-0.2, 0) is 32.7 Å². The maximum atomic E-state index is 4.27. The zero-order valence-electron chi connectivity index (χ0n) is 10.5. The van der Waals surface area contributed by atoms with Crippen molar-refractivity contribution in [2.75, 3.05) is 26.2 Å².